The fourth-order valence-electron chi connectivity index (χ4n) is 4.86. The Bertz CT molecular complexity index is 768. The minimum atomic E-state index is 0.815. The molecule has 0 saturated carbocycles. The zero-order valence-corrected chi connectivity index (χ0v) is 17.5. The number of hydrogen-bond acceptors (Lipinski definition) is 2. The SMILES string of the molecule is COc1ccccc1N1CC[NH+](C2CC[NH+](Cc3ccccc3Cl)CC2)CC1. The number of piperazine rings is 1. The predicted molar refractivity (Wildman–Crippen MR) is 115 cm³/mol. The lowest BCUT2D eigenvalue weighted by Gasteiger charge is -2.40. The van der Waals surface area contributed by atoms with Crippen molar-refractivity contribution < 1.29 is 14.5 Å². The Balaban J connectivity index is 1.27. The van der Waals surface area contributed by atoms with Crippen LogP contribution in [0.4, 0.5) is 5.69 Å². The van der Waals surface area contributed by atoms with Gasteiger partial charge in [0, 0.05) is 23.4 Å². The Hall–Kier alpha value is -1.75. The fourth-order valence-corrected chi connectivity index (χ4v) is 5.06. The molecule has 0 atom stereocenters. The van der Waals surface area contributed by atoms with Gasteiger partial charge in [0.15, 0.2) is 0 Å². The van der Waals surface area contributed by atoms with Gasteiger partial charge in [-0.2, -0.15) is 0 Å². The number of nitrogens with zero attached hydrogens (tertiary/aromatic N) is 1. The number of quaternary nitrogens is 2. The summed E-state index contributed by atoms with van der Waals surface area (Å²) in [7, 11) is 1.76. The molecule has 150 valence electrons. The summed E-state index contributed by atoms with van der Waals surface area (Å²) in [6.07, 6.45) is 2.65. The number of para-hydroxylation sites is 2. The van der Waals surface area contributed by atoms with Gasteiger partial charge in [0.1, 0.15) is 12.3 Å². The number of ether oxygens (including phenoxy) is 1. The molecule has 0 spiro atoms. The van der Waals surface area contributed by atoms with Crippen molar-refractivity contribution in [3.8, 4) is 5.75 Å². The van der Waals surface area contributed by atoms with Crippen molar-refractivity contribution in [3.05, 3.63) is 59.1 Å². The van der Waals surface area contributed by atoms with Crippen LogP contribution in [0.3, 0.4) is 0 Å². The number of rotatable bonds is 5. The standard InChI is InChI=1S/C23H30ClN3O/c1-28-23-9-5-4-8-22(23)27-16-14-26(15-17-27)20-10-12-25(13-11-20)18-19-6-2-3-7-21(19)24/h2-9,20H,10-18H2,1H3/p+2. The molecule has 5 heteroatoms. The summed E-state index contributed by atoms with van der Waals surface area (Å²) < 4.78 is 5.55. The molecule has 4 rings (SSSR count). The van der Waals surface area contributed by atoms with Gasteiger partial charge in [0.05, 0.1) is 58.1 Å². The first kappa shape index (κ1) is 19.6. The van der Waals surface area contributed by atoms with Crippen molar-refractivity contribution in [2.75, 3.05) is 51.3 Å². The summed E-state index contributed by atoms with van der Waals surface area (Å²) in [6, 6.07) is 17.5. The molecule has 2 saturated heterocycles. The van der Waals surface area contributed by atoms with Gasteiger partial charge in [-0.3, -0.25) is 0 Å². The topological polar surface area (TPSA) is 21.4 Å². The minimum Gasteiger partial charge on any atom is -0.495 e. The lowest BCUT2D eigenvalue weighted by atomic mass is 10.0. The van der Waals surface area contributed by atoms with Crippen LogP contribution in [0.2, 0.25) is 5.02 Å². The first-order valence-electron chi connectivity index (χ1n) is 10.5. The highest BCUT2D eigenvalue weighted by Crippen LogP contribution is 2.27. The Labute approximate surface area is 173 Å². The Morgan fingerprint density at radius 3 is 2.36 bits per heavy atom. The maximum Gasteiger partial charge on any atom is 0.142 e. The first-order chi connectivity index (χ1) is 13.7. The monoisotopic (exact) mass is 401 g/mol. The van der Waals surface area contributed by atoms with Crippen LogP contribution in [-0.2, 0) is 6.54 Å². The highest BCUT2D eigenvalue weighted by atomic mass is 35.5. The van der Waals surface area contributed by atoms with Crippen molar-refractivity contribution in [2.45, 2.75) is 25.4 Å². The van der Waals surface area contributed by atoms with Crippen LogP contribution in [0.1, 0.15) is 18.4 Å². The van der Waals surface area contributed by atoms with E-state index in [1.54, 1.807) is 16.9 Å². The van der Waals surface area contributed by atoms with Crippen molar-refractivity contribution in [1.82, 2.24) is 0 Å². The molecule has 28 heavy (non-hydrogen) atoms. The summed E-state index contributed by atoms with van der Waals surface area (Å²) >= 11 is 6.35. The van der Waals surface area contributed by atoms with Crippen molar-refractivity contribution in [1.29, 1.82) is 0 Å². The third-order valence-electron chi connectivity index (χ3n) is 6.50. The molecule has 0 aromatic heterocycles. The van der Waals surface area contributed by atoms with Gasteiger partial charge in [0.25, 0.3) is 0 Å². The number of nitrogens with one attached hydrogen (secondary N) is 2. The van der Waals surface area contributed by atoms with Crippen LogP contribution in [0.25, 0.3) is 0 Å². The molecule has 0 radical (unpaired) electrons. The van der Waals surface area contributed by atoms with E-state index in [1.807, 2.05) is 18.2 Å². The van der Waals surface area contributed by atoms with E-state index in [-0.39, 0.29) is 0 Å². The average Bonchev–Trinajstić information content (AvgIpc) is 2.76. The van der Waals surface area contributed by atoms with Gasteiger partial charge in [-0.05, 0) is 18.2 Å². The van der Waals surface area contributed by atoms with Crippen LogP contribution < -0.4 is 19.4 Å². The highest BCUT2D eigenvalue weighted by molar-refractivity contribution is 6.31. The molecule has 0 unspecified atom stereocenters. The Morgan fingerprint density at radius 1 is 0.964 bits per heavy atom. The quantitative estimate of drug-likeness (QED) is 0.788. The Kier molecular flexibility index (Phi) is 6.40. The largest absolute Gasteiger partial charge is 0.495 e. The number of benzene rings is 2. The van der Waals surface area contributed by atoms with Gasteiger partial charge in [-0.1, -0.05) is 41.9 Å². The second kappa shape index (κ2) is 9.17. The molecule has 2 aromatic rings. The Morgan fingerprint density at radius 2 is 1.64 bits per heavy atom. The summed E-state index contributed by atoms with van der Waals surface area (Å²) in [5.74, 6) is 0.988. The maximum atomic E-state index is 6.35. The molecule has 4 nitrogen and oxygen atoms in total. The van der Waals surface area contributed by atoms with E-state index in [0.717, 1.165) is 36.4 Å². The van der Waals surface area contributed by atoms with E-state index in [4.69, 9.17) is 16.3 Å². The zero-order valence-electron chi connectivity index (χ0n) is 16.8. The number of piperidine rings is 1. The van der Waals surface area contributed by atoms with Crippen LogP contribution in [-0.4, -0.2) is 52.4 Å². The van der Waals surface area contributed by atoms with Gasteiger partial charge in [0.2, 0.25) is 0 Å². The summed E-state index contributed by atoms with van der Waals surface area (Å²) in [5, 5.41) is 0.912. The fraction of sp³-hybridized carbons (Fsp3) is 0.478. The van der Waals surface area contributed by atoms with Crippen LogP contribution in [0.15, 0.2) is 48.5 Å². The van der Waals surface area contributed by atoms with Crippen LogP contribution >= 0.6 is 11.6 Å². The van der Waals surface area contributed by atoms with E-state index >= 15 is 0 Å². The van der Waals surface area contributed by atoms with Crippen molar-refractivity contribution >= 4 is 17.3 Å². The second-order valence-corrected chi connectivity index (χ2v) is 8.52. The second-order valence-electron chi connectivity index (χ2n) is 8.11. The van der Waals surface area contributed by atoms with E-state index in [2.05, 4.69) is 35.2 Å². The predicted octanol–water partition coefficient (Wildman–Crippen LogP) is 1.30. The average molecular weight is 402 g/mol. The highest BCUT2D eigenvalue weighted by Gasteiger charge is 2.32. The molecule has 2 aromatic carbocycles. The molecular formula is C23H32ClN3O+2. The smallest absolute Gasteiger partial charge is 0.142 e. The van der Waals surface area contributed by atoms with E-state index < -0.39 is 0 Å². The normalized spacial score (nSPS) is 23.6. The van der Waals surface area contributed by atoms with E-state index in [9.17, 15) is 0 Å². The summed E-state index contributed by atoms with van der Waals surface area (Å²) in [4.78, 5) is 5.96. The van der Waals surface area contributed by atoms with Gasteiger partial charge in [-0.25, -0.2) is 0 Å². The molecule has 2 aliphatic heterocycles. The number of halogens is 1. The molecule has 0 aliphatic carbocycles. The minimum absolute atomic E-state index is 0.815. The van der Waals surface area contributed by atoms with Gasteiger partial charge < -0.3 is 19.4 Å². The molecule has 0 bridgehead atoms. The van der Waals surface area contributed by atoms with E-state index in [0.29, 0.717) is 0 Å². The van der Waals surface area contributed by atoms with Crippen LogP contribution in [0, 0.1) is 0 Å². The van der Waals surface area contributed by atoms with Crippen LogP contribution in [0.5, 0.6) is 5.75 Å². The molecule has 2 N–H and O–H groups in total. The van der Waals surface area contributed by atoms with E-state index in [1.165, 1.54) is 50.3 Å². The molecule has 2 heterocycles. The summed E-state index contributed by atoms with van der Waals surface area (Å²) in [6.45, 7) is 8.25. The molecule has 0 amide bonds. The lowest BCUT2D eigenvalue weighted by Crippen LogP contribution is -3.21. The summed E-state index contributed by atoms with van der Waals surface area (Å²) in [5.41, 5.74) is 2.53. The molecular weight excluding hydrogens is 370 g/mol. The number of hydrogen-bond donors (Lipinski definition) is 2. The zero-order chi connectivity index (χ0) is 19.3. The molecule has 2 fully saturated rings. The van der Waals surface area contributed by atoms with Gasteiger partial charge >= 0.3 is 0 Å². The molecule has 2 aliphatic rings. The third-order valence-corrected chi connectivity index (χ3v) is 6.87. The third kappa shape index (κ3) is 4.45. The van der Waals surface area contributed by atoms with Crippen molar-refractivity contribution in [3.63, 3.8) is 0 Å². The number of likely N-dealkylation sites (tertiary alicyclic amines) is 1. The number of anilines is 1. The maximum absolute atomic E-state index is 6.35. The van der Waals surface area contributed by atoms with Crippen molar-refractivity contribution in [2.24, 2.45) is 0 Å². The number of methoxy groups -OCH3 is 1. The first-order valence-corrected chi connectivity index (χ1v) is 10.9. The lowest BCUT2D eigenvalue weighted by molar-refractivity contribution is -0.963. The van der Waals surface area contributed by atoms with Gasteiger partial charge in [-0.15, -0.1) is 0 Å².